The second kappa shape index (κ2) is 13.3. The van der Waals surface area contributed by atoms with Crippen molar-refractivity contribution in [3.05, 3.63) is 83.9 Å². The van der Waals surface area contributed by atoms with Gasteiger partial charge in [-0.2, -0.15) is 0 Å². The van der Waals surface area contributed by atoms with Crippen molar-refractivity contribution in [1.82, 2.24) is 0 Å². The van der Waals surface area contributed by atoms with Crippen LogP contribution in [0.2, 0.25) is 0 Å². The molecule has 2 aromatic rings. The highest BCUT2D eigenvalue weighted by Gasteiger charge is 1.83. The van der Waals surface area contributed by atoms with Gasteiger partial charge in [-0.15, -0.1) is 0 Å². The normalized spacial score (nSPS) is 10.3. The fraction of sp³-hybridized carbons (Fsp3) is 0.167. The third-order valence-electron chi connectivity index (χ3n) is 3.24. The summed E-state index contributed by atoms with van der Waals surface area (Å²) in [7, 11) is 0. The van der Waals surface area contributed by atoms with Crippen molar-refractivity contribution in [2.45, 2.75) is 0 Å². The summed E-state index contributed by atoms with van der Waals surface area (Å²) in [6, 6.07) is 20.2. The molecule has 0 aliphatic heterocycles. The molecule has 130 valence electrons. The van der Waals surface area contributed by atoms with Gasteiger partial charge in [0.25, 0.3) is 0 Å². The van der Waals surface area contributed by atoms with Gasteiger partial charge in [0.15, 0.2) is 0 Å². The van der Waals surface area contributed by atoms with Crippen LogP contribution in [0.5, 0.6) is 0 Å². The number of ether oxygens (including phenoxy) is 2. The molecule has 0 aromatic heterocycles. The molecular formula is C24H22O2. The van der Waals surface area contributed by atoms with Crippen molar-refractivity contribution in [2.75, 3.05) is 26.4 Å². The van der Waals surface area contributed by atoms with Crippen LogP contribution in [0.15, 0.2) is 72.8 Å². The molecule has 0 bridgehead atoms. The minimum atomic E-state index is 0.370. The molecule has 0 saturated heterocycles. The predicted molar refractivity (Wildman–Crippen MR) is 108 cm³/mol. The molecule has 2 aromatic carbocycles. The largest absolute Gasteiger partial charge is 0.365 e. The van der Waals surface area contributed by atoms with Crippen LogP contribution >= 0.6 is 0 Å². The van der Waals surface area contributed by atoms with Gasteiger partial charge in [-0.3, -0.25) is 0 Å². The van der Waals surface area contributed by atoms with Crippen LogP contribution in [0.3, 0.4) is 0 Å². The van der Waals surface area contributed by atoms with Crippen LogP contribution in [0.25, 0.3) is 12.2 Å². The topological polar surface area (TPSA) is 18.5 Å². The van der Waals surface area contributed by atoms with E-state index in [-0.39, 0.29) is 0 Å². The lowest BCUT2D eigenvalue weighted by Gasteiger charge is -1.93. The van der Waals surface area contributed by atoms with Crippen LogP contribution in [0, 0.1) is 23.7 Å². The van der Waals surface area contributed by atoms with Gasteiger partial charge in [-0.1, -0.05) is 96.8 Å². The summed E-state index contributed by atoms with van der Waals surface area (Å²) in [5, 5.41) is 0. The predicted octanol–water partition coefficient (Wildman–Crippen LogP) is 4.45. The maximum atomic E-state index is 5.39. The van der Waals surface area contributed by atoms with E-state index in [1.807, 2.05) is 85.0 Å². The third-order valence-corrected chi connectivity index (χ3v) is 3.24. The Bertz CT molecular complexity index is 726. The molecule has 2 nitrogen and oxygen atoms in total. The number of hydrogen-bond acceptors (Lipinski definition) is 2. The maximum absolute atomic E-state index is 5.39. The molecule has 0 heterocycles. The van der Waals surface area contributed by atoms with E-state index in [1.165, 1.54) is 0 Å². The Kier molecular flexibility index (Phi) is 9.85. The molecule has 0 amide bonds. The molecule has 0 aliphatic rings. The van der Waals surface area contributed by atoms with Crippen molar-refractivity contribution in [1.29, 1.82) is 0 Å². The molecule has 2 rings (SSSR count). The lowest BCUT2D eigenvalue weighted by molar-refractivity contribution is 0.199. The first kappa shape index (κ1) is 19.3. The van der Waals surface area contributed by atoms with Gasteiger partial charge in [0, 0.05) is 0 Å². The van der Waals surface area contributed by atoms with E-state index >= 15 is 0 Å². The van der Waals surface area contributed by atoms with Gasteiger partial charge < -0.3 is 9.47 Å². The SMILES string of the molecule is C(C#CCOCC=Cc1ccccc1)#CCOCC=Cc1ccccc1. The number of rotatable bonds is 8. The highest BCUT2D eigenvalue weighted by molar-refractivity contribution is 5.49. The lowest BCUT2D eigenvalue weighted by atomic mass is 10.2. The quantitative estimate of drug-likeness (QED) is 0.521. The molecule has 0 N–H and O–H groups in total. The average molecular weight is 342 g/mol. The molecule has 0 fully saturated rings. The highest BCUT2D eigenvalue weighted by atomic mass is 16.5. The summed E-state index contributed by atoms with van der Waals surface area (Å²) in [6.07, 6.45) is 7.99. The Morgan fingerprint density at radius 3 is 1.46 bits per heavy atom. The Balaban J connectivity index is 1.50. The van der Waals surface area contributed by atoms with Crippen molar-refractivity contribution >= 4 is 12.2 Å². The van der Waals surface area contributed by atoms with Gasteiger partial charge in [0.1, 0.15) is 13.2 Å². The molecule has 0 radical (unpaired) electrons. The molecular weight excluding hydrogens is 320 g/mol. The summed E-state index contributed by atoms with van der Waals surface area (Å²) in [4.78, 5) is 0. The summed E-state index contributed by atoms with van der Waals surface area (Å²) >= 11 is 0. The molecule has 0 unspecified atom stereocenters. The third kappa shape index (κ3) is 9.30. The molecule has 0 saturated carbocycles. The van der Waals surface area contributed by atoms with E-state index in [2.05, 4.69) is 23.7 Å². The Labute approximate surface area is 156 Å². The van der Waals surface area contributed by atoms with E-state index in [0.717, 1.165) is 11.1 Å². The van der Waals surface area contributed by atoms with Gasteiger partial charge in [0.05, 0.1) is 13.2 Å². The minimum absolute atomic E-state index is 0.370. The molecule has 26 heavy (non-hydrogen) atoms. The van der Waals surface area contributed by atoms with Crippen LogP contribution in [0.4, 0.5) is 0 Å². The Morgan fingerprint density at radius 2 is 1.04 bits per heavy atom. The van der Waals surface area contributed by atoms with Crippen LogP contribution in [-0.2, 0) is 9.47 Å². The second-order valence-electron chi connectivity index (χ2n) is 5.26. The van der Waals surface area contributed by atoms with E-state index in [1.54, 1.807) is 0 Å². The number of benzene rings is 2. The zero-order chi connectivity index (χ0) is 18.1. The maximum Gasteiger partial charge on any atom is 0.109 e. The first-order valence-electron chi connectivity index (χ1n) is 8.49. The number of hydrogen-bond donors (Lipinski definition) is 0. The zero-order valence-electron chi connectivity index (χ0n) is 14.7. The molecule has 2 heteroatoms. The fourth-order valence-electron chi connectivity index (χ4n) is 2.01. The first-order valence-corrected chi connectivity index (χ1v) is 8.49. The highest BCUT2D eigenvalue weighted by Crippen LogP contribution is 2.01. The molecule has 0 atom stereocenters. The second-order valence-corrected chi connectivity index (χ2v) is 5.26. The van der Waals surface area contributed by atoms with Crippen LogP contribution in [0.1, 0.15) is 11.1 Å². The average Bonchev–Trinajstić information content (AvgIpc) is 2.70. The summed E-state index contributed by atoms with van der Waals surface area (Å²) < 4.78 is 10.8. The van der Waals surface area contributed by atoms with Gasteiger partial charge in [-0.25, -0.2) is 0 Å². The standard InChI is InChI=1S/C24H22O2/c1(9-19-25-21-11-17-23-13-5-3-6-14-23)2-10-20-26-22-12-18-24-15-7-4-8-16-24/h3-8,11-18H,19-22H2. The van der Waals surface area contributed by atoms with Gasteiger partial charge >= 0.3 is 0 Å². The van der Waals surface area contributed by atoms with Crippen molar-refractivity contribution in [3.8, 4) is 23.7 Å². The van der Waals surface area contributed by atoms with Gasteiger partial charge in [-0.05, 0) is 23.0 Å². The lowest BCUT2D eigenvalue weighted by Crippen LogP contribution is -1.91. The molecule has 0 spiro atoms. The summed E-state index contributed by atoms with van der Waals surface area (Å²) in [5.74, 6) is 11.2. The summed E-state index contributed by atoms with van der Waals surface area (Å²) in [5.41, 5.74) is 2.32. The van der Waals surface area contributed by atoms with Crippen LogP contribution < -0.4 is 0 Å². The molecule has 0 aliphatic carbocycles. The van der Waals surface area contributed by atoms with Crippen molar-refractivity contribution < 1.29 is 9.47 Å². The fourth-order valence-corrected chi connectivity index (χ4v) is 2.01. The van der Waals surface area contributed by atoms with Gasteiger partial charge in [0.2, 0.25) is 0 Å². The zero-order valence-corrected chi connectivity index (χ0v) is 14.7. The van der Waals surface area contributed by atoms with Crippen molar-refractivity contribution in [3.63, 3.8) is 0 Å². The monoisotopic (exact) mass is 342 g/mol. The smallest absolute Gasteiger partial charge is 0.109 e. The Hall–Kier alpha value is -3.04. The van der Waals surface area contributed by atoms with E-state index in [9.17, 15) is 0 Å². The van der Waals surface area contributed by atoms with Crippen molar-refractivity contribution in [2.24, 2.45) is 0 Å². The van der Waals surface area contributed by atoms with E-state index in [4.69, 9.17) is 9.47 Å². The summed E-state index contributed by atoms with van der Waals surface area (Å²) in [6.45, 7) is 1.81. The Morgan fingerprint density at radius 1 is 0.615 bits per heavy atom. The minimum Gasteiger partial charge on any atom is -0.365 e. The van der Waals surface area contributed by atoms with E-state index < -0.39 is 0 Å². The van der Waals surface area contributed by atoms with Crippen LogP contribution in [-0.4, -0.2) is 26.4 Å². The first-order chi connectivity index (χ1) is 12.9. The van der Waals surface area contributed by atoms with E-state index in [0.29, 0.717) is 26.4 Å².